The lowest BCUT2D eigenvalue weighted by Gasteiger charge is -2.07. The molecule has 0 radical (unpaired) electrons. The molecule has 0 unspecified atom stereocenters. The fourth-order valence-electron chi connectivity index (χ4n) is 1.95. The van der Waals surface area contributed by atoms with Gasteiger partial charge >= 0.3 is 5.97 Å². The number of aromatic hydroxyl groups is 1. The number of hydrogen-bond donors (Lipinski definition) is 1. The molecule has 0 bridgehead atoms. The smallest absolute Gasteiger partial charge is 0.341 e. The maximum atomic E-state index is 11.9. The Balaban J connectivity index is 1.88. The van der Waals surface area contributed by atoms with Gasteiger partial charge < -0.3 is 14.6 Å². The van der Waals surface area contributed by atoms with E-state index in [2.05, 4.69) is 0 Å². The summed E-state index contributed by atoms with van der Waals surface area (Å²) in [7, 11) is 1.62. The van der Waals surface area contributed by atoms with E-state index in [1.165, 1.54) is 0 Å². The summed E-state index contributed by atoms with van der Waals surface area (Å²) >= 11 is 0. The summed E-state index contributed by atoms with van der Waals surface area (Å²) in [6.45, 7) is 2.11. The monoisotopic (exact) mass is 286 g/mol. The number of carbonyl (C=O) groups is 1. The molecule has 2 aromatic carbocycles. The molecule has 4 nitrogen and oxygen atoms in total. The van der Waals surface area contributed by atoms with Crippen LogP contribution in [0.25, 0.3) is 0 Å². The van der Waals surface area contributed by atoms with E-state index in [0.29, 0.717) is 6.42 Å². The fourth-order valence-corrected chi connectivity index (χ4v) is 1.95. The van der Waals surface area contributed by atoms with E-state index in [9.17, 15) is 9.90 Å². The first-order valence-electron chi connectivity index (χ1n) is 6.70. The number of phenols is 1. The Morgan fingerprint density at radius 3 is 2.48 bits per heavy atom. The minimum Gasteiger partial charge on any atom is -0.507 e. The highest BCUT2D eigenvalue weighted by molar-refractivity contribution is 5.92. The topological polar surface area (TPSA) is 55.8 Å². The van der Waals surface area contributed by atoms with Gasteiger partial charge in [-0.15, -0.1) is 0 Å². The van der Waals surface area contributed by atoms with Gasteiger partial charge in [-0.3, -0.25) is 0 Å². The molecule has 0 saturated carbocycles. The van der Waals surface area contributed by atoms with Crippen molar-refractivity contribution >= 4 is 5.97 Å². The van der Waals surface area contributed by atoms with Crippen LogP contribution in [0, 0.1) is 6.92 Å². The first-order chi connectivity index (χ1) is 10.1. The molecule has 0 amide bonds. The van der Waals surface area contributed by atoms with E-state index in [1.54, 1.807) is 25.3 Å². The number of esters is 1. The molecule has 0 aliphatic heterocycles. The number of ether oxygens (including phenoxy) is 2. The van der Waals surface area contributed by atoms with Crippen molar-refractivity contribution < 1.29 is 19.4 Å². The summed E-state index contributed by atoms with van der Waals surface area (Å²) < 4.78 is 10.3. The van der Waals surface area contributed by atoms with Crippen molar-refractivity contribution in [2.24, 2.45) is 0 Å². The number of benzene rings is 2. The van der Waals surface area contributed by atoms with Crippen molar-refractivity contribution in [3.63, 3.8) is 0 Å². The summed E-state index contributed by atoms with van der Waals surface area (Å²) in [4.78, 5) is 11.9. The number of carbonyl (C=O) groups excluding carboxylic acids is 1. The molecule has 0 aliphatic rings. The molecule has 0 aliphatic carbocycles. The summed E-state index contributed by atoms with van der Waals surface area (Å²) in [5, 5.41) is 9.72. The standard InChI is InChI=1S/C17H18O4/c1-12-3-8-15(16(18)11-12)17(19)21-10-9-13-4-6-14(20-2)7-5-13/h3-8,11,18H,9-10H2,1-2H3. The van der Waals surface area contributed by atoms with E-state index in [-0.39, 0.29) is 17.9 Å². The number of rotatable bonds is 5. The second-order valence-electron chi connectivity index (χ2n) is 4.75. The van der Waals surface area contributed by atoms with Gasteiger partial charge in [0, 0.05) is 6.42 Å². The lowest BCUT2D eigenvalue weighted by molar-refractivity contribution is 0.0506. The highest BCUT2D eigenvalue weighted by atomic mass is 16.5. The molecule has 0 fully saturated rings. The van der Waals surface area contributed by atoms with Crippen LogP contribution in [-0.2, 0) is 11.2 Å². The first-order valence-corrected chi connectivity index (χ1v) is 6.70. The summed E-state index contributed by atoms with van der Waals surface area (Å²) in [5.74, 6) is 0.228. The molecule has 0 saturated heterocycles. The number of phenolic OH excluding ortho intramolecular Hbond substituents is 1. The molecule has 0 heterocycles. The average Bonchev–Trinajstić information content (AvgIpc) is 2.47. The third kappa shape index (κ3) is 3.99. The molecule has 4 heteroatoms. The third-order valence-corrected chi connectivity index (χ3v) is 3.16. The van der Waals surface area contributed by atoms with Gasteiger partial charge in [-0.05, 0) is 42.3 Å². The molecule has 1 N–H and O–H groups in total. The molecular weight excluding hydrogens is 268 g/mol. The predicted molar refractivity (Wildman–Crippen MR) is 79.8 cm³/mol. The van der Waals surface area contributed by atoms with Crippen LogP contribution in [0.4, 0.5) is 0 Å². The Bertz CT molecular complexity index is 617. The van der Waals surface area contributed by atoms with Crippen LogP contribution in [-0.4, -0.2) is 24.8 Å². The van der Waals surface area contributed by atoms with Crippen LogP contribution in [0.15, 0.2) is 42.5 Å². The van der Waals surface area contributed by atoms with Gasteiger partial charge in [0.05, 0.1) is 13.7 Å². The quantitative estimate of drug-likeness (QED) is 0.858. The predicted octanol–water partition coefficient (Wildman–Crippen LogP) is 3.11. The lowest BCUT2D eigenvalue weighted by atomic mass is 10.1. The van der Waals surface area contributed by atoms with Crippen LogP contribution in [0.5, 0.6) is 11.5 Å². The molecule has 110 valence electrons. The van der Waals surface area contributed by atoms with Crippen LogP contribution in [0.3, 0.4) is 0 Å². The zero-order chi connectivity index (χ0) is 15.2. The van der Waals surface area contributed by atoms with Gasteiger partial charge in [0.25, 0.3) is 0 Å². The first kappa shape index (κ1) is 14.9. The van der Waals surface area contributed by atoms with Crippen molar-refractivity contribution in [1.82, 2.24) is 0 Å². The van der Waals surface area contributed by atoms with Crippen LogP contribution >= 0.6 is 0 Å². The van der Waals surface area contributed by atoms with E-state index in [0.717, 1.165) is 16.9 Å². The normalized spacial score (nSPS) is 10.2. The number of methoxy groups -OCH3 is 1. The molecular formula is C17H18O4. The van der Waals surface area contributed by atoms with Gasteiger partial charge in [0.1, 0.15) is 17.1 Å². The SMILES string of the molecule is COc1ccc(CCOC(=O)c2ccc(C)cc2O)cc1. The third-order valence-electron chi connectivity index (χ3n) is 3.16. The van der Waals surface area contributed by atoms with Gasteiger partial charge in [-0.2, -0.15) is 0 Å². The van der Waals surface area contributed by atoms with Crippen LogP contribution in [0.1, 0.15) is 21.5 Å². The van der Waals surface area contributed by atoms with E-state index >= 15 is 0 Å². The van der Waals surface area contributed by atoms with Crippen LogP contribution < -0.4 is 4.74 Å². The molecule has 21 heavy (non-hydrogen) atoms. The highest BCUT2D eigenvalue weighted by Crippen LogP contribution is 2.19. The zero-order valence-electron chi connectivity index (χ0n) is 12.1. The lowest BCUT2D eigenvalue weighted by Crippen LogP contribution is -2.08. The summed E-state index contributed by atoms with van der Waals surface area (Å²) in [6.07, 6.45) is 0.613. The van der Waals surface area contributed by atoms with E-state index in [4.69, 9.17) is 9.47 Å². The summed E-state index contributed by atoms with van der Waals surface area (Å²) in [6, 6.07) is 12.5. The van der Waals surface area contributed by atoms with E-state index < -0.39 is 5.97 Å². The fraction of sp³-hybridized carbons (Fsp3) is 0.235. The Labute approximate surface area is 123 Å². The van der Waals surface area contributed by atoms with Crippen molar-refractivity contribution in [3.8, 4) is 11.5 Å². The molecule has 0 aromatic heterocycles. The van der Waals surface area contributed by atoms with Gasteiger partial charge in [-0.1, -0.05) is 18.2 Å². The van der Waals surface area contributed by atoms with Crippen molar-refractivity contribution in [2.45, 2.75) is 13.3 Å². The van der Waals surface area contributed by atoms with Gasteiger partial charge in [0.15, 0.2) is 0 Å². The Hall–Kier alpha value is -2.49. The van der Waals surface area contributed by atoms with Crippen molar-refractivity contribution in [1.29, 1.82) is 0 Å². The Morgan fingerprint density at radius 2 is 1.86 bits per heavy atom. The van der Waals surface area contributed by atoms with Crippen molar-refractivity contribution in [2.75, 3.05) is 13.7 Å². The maximum absolute atomic E-state index is 11.9. The number of hydrogen-bond acceptors (Lipinski definition) is 4. The Morgan fingerprint density at radius 1 is 1.14 bits per heavy atom. The maximum Gasteiger partial charge on any atom is 0.341 e. The minimum absolute atomic E-state index is 0.0514. The average molecular weight is 286 g/mol. The molecule has 0 spiro atoms. The molecule has 2 rings (SSSR count). The van der Waals surface area contributed by atoms with Gasteiger partial charge in [-0.25, -0.2) is 4.79 Å². The second kappa shape index (κ2) is 6.79. The van der Waals surface area contributed by atoms with Crippen LogP contribution in [0.2, 0.25) is 0 Å². The summed E-state index contributed by atoms with van der Waals surface area (Å²) in [5.41, 5.74) is 2.13. The highest BCUT2D eigenvalue weighted by Gasteiger charge is 2.12. The molecule has 2 aromatic rings. The largest absolute Gasteiger partial charge is 0.507 e. The van der Waals surface area contributed by atoms with E-state index in [1.807, 2.05) is 31.2 Å². The van der Waals surface area contributed by atoms with Crippen molar-refractivity contribution in [3.05, 3.63) is 59.2 Å². The van der Waals surface area contributed by atoms with Gasteiger partial charge in [0.2, 0.25) is 0 Å². The minimum atomic E-state index is -0.513. The number of aryl methyl sites for hydroxylation is 1. The zero-order valence-corrected chi connectivity index (χ0v) is 12.1. The second-order valence-corrected chi connectivity index (χ2v) is 4.75. The molecule has 0 atom stereocenters. The Kier molecular flexibility index (Phi) is 4.82.